The molecule has 1 aromatic carbocycles. The fourth-order valence-corrected chi connectivity index (χ4v) is 1.84. The van der Waals surface area contributed by atoms with E-state index in [-0.39, 0.29) is 29.3 Å². The molecular weight excluding hydrogens is 337 g/mol. The van der Waals surface area contributed by atoms with Crippen molar-refractivity contribution in [2.24, 2.45) is 10.7 Å². The maximum atomic E-state index is 13.6. The van der Waals surface area contributed by atoms with Gasteiger partial charge in [0.05, 0.1) is 18.4 Å². The van der Waals surface area contributed by atoms with Crippen molar-refractivity contribution in [1.29, 1.82) is 0 Å². The Kier molecular flexibility index (Phi) is 5.48. The zero-order valence-electron chi connectivity index (χ0n) is 13.0. The lowest BCUT2D eigenvalue weighted by Crippen LogP contribution is -2.18. The molecule has 1 heterocycles. The minimum atomic E-state index is -1.08. The van der Waals surface area contributed by atoms with Gasteiger partial charge in [0.25, 0.3) is 5.56 Å². The van der Waals surface area contributed by atoms with Gasteiger partial charge in [-0.3, -0.25) is 14.6 Å². The van der Waals surface area contributed by atoms with Gasteiger partial charge < -0.3 is 10.7 Å². The SMILES string of the molecule is CC(=O)C(C=C(N)c1ncc(F)c(=O)[nH]1)=NCc1cccc(F)c1F. The van der Waals surface area contributed by atoms with Crippen molar-refractivity contribution in [3.8, 4) is 0 Å². The number of nitrogens with zero attached hydrogens (tertiary/aromatic N) is 2. The summed E-state index contributed by atoms with van der Waals surface area (Å²) in [7, 11) is 0. The maximum Gasteiger partial charge on any atom is 0.287 e. The second kappa shape index (κ2) is 7.56. The average Bonchev–Trinajstić information content (AvgIpc) is 2.56. The van der Waals surface area contributed by atoms with E-state index >= 15 is 0 Å². The lowest BCUT2D eigenvalue weighted by molar-refractivity contribution is -0.111. The molecule has 0 aliphatic carbocycles. The molecule has 0 spiro atoms. The number of nitrogens with two attached hydrogens (primary N) is 1. The summed E-state index contributed by atoms with van der Waals surface area (Å²) in [6.07, 6.45) is 1.79. The summed E-state index contributed by atoms with van der Waals surface area (Å²) >= 11 is 0. The van der Waals surface area contributed by atoms with Crippen LogP contribution >= 0.6 is 0 Å². The Morgan fingerprint density at radius 1 is 1.32 bits per heavy atom. The molecule has 2 aromatic rings. The van der Waals surface area contributed by atoms with Crippen molar-refractivity contribution >= 4 is 17.2 Å². The maximum absolute atomic E-state index is 13.6. The van der Waals surface area contributed by atoms with Crippen molar-refractivity contribution in [2.45, 2.75) is 13.5 Å². The highest BCUT2D eigenvalue weighted by Gasteiger charge is 2.10. The van der Waals surface area contributed by atoms with Crippen LogP contribution in [0.2, 0.25) is 0 Å². The monoisotopic (exact) mass is 350 g/mol. The average molecular weight is 350 g/mol. The van der Waals surface area contributed by atoms with Crippen LogP contribution in [0.25, 0.3) is 5.70 Å². The molecule has 0 aliphatic rings. The van der Waals surface area contributed by atoms with Crippen LogP contribution in [0, 0.1) is 17.5 Å². The first-order chi connectivity index (χ1) is 11.8. The number of nitrogens with one attached hydrogen (secondary N) is 1. The van der Waals surface area contributed by atoms with Gasteiger partial charge in [-0.15, -0.1) is 0 Å². The van der Waals surface area contributed by atoms with Gasteiger partial charge >= 0.3 is 0 Å². The summed E-state index contributed by atoms with van der Waals surface area (Å²) in [6.45, 7) is 0.904. The van der Waals surface area contributed by atoms with Gasteiger partial charge in [0, 0.05) is 12.5 Å². The second-order valence-corrected chi connectivity index (χ2v) is 4.98. The number of aromatic amines is 1. The Hall–Kier alpha value is -3.23. The van der Waals surface area contributed by atoms with Crippen LogP contribution in [0.5, 0.6) is 0 Å². The van der Waals surface area contributed by atoms with E-state index in [4.69, 9.17) is 5.73 Å². The molecule has 130 valence electrons. The quantitative estimate of drug-likeness (QED) is 0.802. The molecule has 0 saturated carbocycles. The molecule has 0 radical (unpaired) electrons. The van der Waals surface area contributed by atoms with Crippen molar-refractivity contribution in [3.63, 3.8) is 0 Å². The summed E-state index contributed by atoms with van der Waals surface area (Å²) < 4.78 is 39.7. The smallest absolute Gasteiger partial charge is 0.287 e. The van der Waals surface area contributed by atoms with Crippen molar-refractivity contribution in [1.82, 2.24) is 9.97 Å². The third-order valence-corrected chi connectivity index (χ3v) is 3.13. The van der Waals surface area contributed by atoms with Crippen LogP contribution < -0.4 is 11.3 Å². The number of H-pyrrole nitrogens is 1. The molecule has 0 unspecified atom stereocenters. The number of hydrogen-bond acceptors (Lipinski definition) is 5. The van der Waals surface area contributed by atoms with Gasteiger partial charge in [0.1, 0.15) is 5.71 Å². The Bertz CT molecular complexity index is 935. The number of hydrogen-bond donors (Lipinski definition) is 2. The highest BCUT2D eigenvalue weighted by Crippen LogP contribution is 2.12. The van der Waals surface area contributed by atoms with Gasteiger partial charge in [-0.1, -0.05) is 12.1 Å². The summed E-state index contributed by atoms with van der Waals surface area (Å²) in [4.78, 5) is 32.5. The van der Waals surface area contributed by atoms with Gasteiger partial charge in [-0.2, -0.15) is 4.39 Å². The predicted octanol–water partition coefficient (Wildman–Crippen LogP) is 1.72. The topological polar surface area (TPSA) is 101 Å². The van der Waals surface area contributed by atoms with E-state index in [1.807, 2.05) is 0 Å². The number of carbonyl (C=O) groups excluding carboxylic acids is 1. The third kappa shape index (κ3) is 4.40. The highest BCUT2D eigenvalue weighted by atomic mass is 19.2. The molecular formula is C16H13F3N4O2. The standard InChI is InChI=1S/C16H13F3N4O2/c1-8(24)13(21-6-9-3-2-4-10(17)14(9)19)5-12(20)15-22-7-11(18)16(25)23-15/h2-5,7H,6,20H2,1H3,(H,22,23,25). The molecule has 2 rings (SSSR count). The zero-order valence-corrected chi connectivity index (χ0v) is 13.0. The van der Waals surface area contributed by atoms with E-state index < -0.39 is 28.8 Å². The number of benzene rings is 1. The van der Waals surface area contributed by atoms with Gasteiger partial charge in [-0.25, -0.2) is 13.8 Å². The number of aliphatic imine (C=N–C) groups is 1. The Labute approximate surface area is 139 Å². The summed E-state index contributed by atoms with van der Waals surface area (Å²) in [6, 6.07) is 3.60. The van der Waals surface area contributed by atoms with Gasteiger partial charge in [0.15, 0.2) is 23.2 Å². The molecule has 0 bridgehead atoms. The van der Waals surface area contributed by atoms with E-state index in [0.29, 0.717) is 6.20 Å². The first-order valence-electron chi connectivity index (χ1n) is 7.00. The number of aromatic nitrogens is 2. The molecule has 3 N–H and O–H groups in total. The zero-order chi connectivity index (χ0) is 18.6. The van der Waals surface area contributed by atoms with Gasteiger partial charge in [-0.05, 0) is 12.1 Å². The van der Waals surface area contributed by atoms with Crippen LogP contribution in [0.4, 0.5) is 13.2 Å². The van der Waals surface area contributed by atoms with E-state index in [1.165, 1.54) is 19.1 Å². The predicted molar refractivity (Wildman–Crippen MR) is 85.2 cm³/mol. The van der Waals surface area contributed by atoms with E-state index in [9.17, 15) is 22.8 Å². The van der Waals surface area contributed by atoms with E-state index in [2.05, 4.69) is 15.0 Å². The van der Waals surface area contributed by atoms with Gasteiger partial charge in [0.2, 0.25) is 5.82 Å². The molecule has 0 aliphatic heterocycles. The van der Waals surface area contributed by atoms with Crippen molar-refractivity contribution < 1.29 is 18.0 Å². The van der Waals surface area contributed by atoms with Crippen molar-refractivity contribution in [2.75, 3.05) is 0 Å². The highest BCUT2D eigenvalue weighted by molar-refractivity contribution is 6.44. The largest absolute Gasteiger partial charge is 0.396 e. The first kappa shape index (κ1) is 18.1. The molecule has 0 amide bonds. The van der Waals surface area contributed by atoms with E-state index in [0.717, 1.165) is 12.1 Å². The number of carbonyl (C=O) groups is 1. The third-order valence-electron chi connectivity index (χ3n) is 3.13. The number of Topliss-reactive ketones (excluding diaryl/α,β-unsaturated/α-hetero) is 1. The Morgan fingerprint density at radius 3 is 2.68 bits per heavy atom. The van der Waals surface area contributed by atoms with Crippen molar-refractivity contribution in [3.05, 3.63) is 69.7 Å². The number of halogens is 3. The summed E-state index contributed by atoms with van der Waals surface area (Å²) in [5.41, 5.74) is 4.36. The van der Waals surface area contributed by atoms with E-state index in [1.54, 1.807) is 0 Å². The number of rotatable bonds is 5. The Balaban J connectivity index is 2.33. The number of ketones is 1. The van der Waals surface area contributed by atoms with Crippen LogP contribution in [-0.4, -0.2) is 21.5 Å². The minimum Gasteiger partial charge on any atom is -0.396 e. The molecule has 25 heavy (non-hydrogen) atoms. The minimum absolute atomic E-state index is 0.0426. The molecule has 6 nitrogen and oxygen atoms in total. The fraction of sp³-hybridized carbons (Fsp3) is 0.125. The van der Waals surface area contributed by atoms with Crippen LogP contribution in [-0.2, 0) is 11.3 Å². The van der Waals surface area contributed by atoms with Crippen LogP contribution in [0.1, 0.15) is 18.3 Å². The molecule has 0 saturated heterocycles. The molecule has 9 heteroatoms. The molecule has 0 fully saturated rings. The van der Waals surface area contributed by atoms with Crippen LogP contribution in [0.3, 0.4) is 0 Å². The Morgan fingerprint density at radius 2 is 2.04 bits per heavy atom. The second-order valence-electron chi connectivity index (χ2n) is 4.98. The van der Waals surface area contributed by atoms with Crippen LogP contribution in [0.15, 0.2) is 40.3 Å². The normalized spacial score (nSPS) is 12.3. The first-order valence-corrected chi connectivity index (χ1v) is 7.00. The lowest BCUT2D eigenvalue weighted by Gasteiger charge is -2.04. The fourth-order valence-electron chi connectivity index (χ4n) is 1.84. The lowest BCUT2D eigenvalue weighted by atomic mass is 10.2. The number of allylic oxidation sites excluding steroid dienone is 1. The molecule has 0 atom stereocenters. The molecule has 1 aromatic heterocycles. The summed E-state index contributed by atoms with van der Waals surface area (Å²) in [5.74, 6) is -3.82. The summed E-state index contributed by atoms with van der Waals surface area (Å²) in [5, 5.41) is 0.